The molecule has 0 radical (unpaired) electrons. The van der Waals surface area contributed by atoms with Crippen LogP contribution in [0.2, 0.25) is 0 Å². The number of aromatic nitrogens is 2. The average molecular weight is 318 g/mol. The van der Waals surface area contributed by atoms with E-state index in [1.54, 1.807) is 0 Å². The molecule has 0 aromatic carbocycles. The van der Waals surface area contributed by atoms with Crippen molar-refractivity contribution in [3.8, 4) is 0 Å². The molecule has 3 rings (SSSR count). The summed E-state index contributed by atoms with van der Waals surface area (Å²) in [6.07, 6.45) is 4.50. The molecule has 2 aliphatic rings. The van der Waals surface area contributed by atoms with Gasteiger partial charge >= 0.3 is 0 Å². The molecule has 2 aliphatic carbocycles. The number of hydrogen-bond acceptors (Lipinski definition) is 2. The van der Waals surface area contributed by atoms with Crippen molar-refractivity contribution in [2.45, 2.75) is 43.9 Å². The molecule has 2 saturated carbocycles. The Kier molecular flexibility index (Phi) is 2.06. The van der Waals surface area contributed by atoms with Gasteiger partial charge in [0.05, 0.1) is 9.26 Å². The van der Waals surface area contributed by atoms with Gasteiger partial charge in [-0.1, -0.05) is 6.92 Å². The topological polar surface area (TPSA) is 25.8 Å². The SMILES string of the molecule is CC1(c2nc(F)c(I)c(C3CC3)n2)CC1. The molecular formula is C11H12FIN2. The number of hydrogen-bond donors (Lipinski definition) is 0. The quantitative estimate of drug-likeness (QED) is 0.618. The van der Waals surface area contributed by atoms with Gasteiger partial charge in [-0.15, -0.1) is 0 Å². The summed E-state index contributed by atoms with van der Waals surface area (Å²) in [4.78, 5) is 8.56. The van der Waals surface area contributed by atoms with Crippen molar-refractivity contribution < 1.29 is 4.39 Å². The normalized spacial score (nSPS) is 22.9. The minimum Gasteiger partial charge on any atom is -0.236 e. The summed E-state index contributed by atoms with van der Waals surface area (Å²) < 4.78 is 14.3. The minimum absolute atomic E-state index is 0.0643. The molecule has 0 N–H and O–H groups in total. The monoisotopic (exact) mass is 318 g/mol. The summed E-state index contributed by atoms with van der Waals surface area (Å²) in [5.74, 6) is 0.897. The van der Waals surface area contributed by atoms with Crippen molar-refractivity contribution in [1.82, 2.24) is 9.97 Å². The van der Waals surface area contributed by atoms with Gasteiger partial charge in [0.15, 0.2) is 0 Å². The van der Waals surface area contributed by atoms with Crippen molar-refractivity contribution in [3.63, 3.8) is 0 Å². The maximum atomic E-state index is 13.6. The van der Waals surface area contributed by atoms with E-state index in [9.17, 15) is 4.39 Å². The van der Waals surface area contributed by atoms with Crippen molar-refractivity contribution >= 4 is 22.6 Å². The van der Waals surface area contributed by atoms with Gasteiger partial charge in [-0.2, -0.15) is 4.39 Å². The summed E-state index contributed by atoms with van der Waals surface area (Å²) in [6.45, 7) is 2.12. The van der Waals surface area contributed by atoms with Gasteiger partial charge in [0.1, 0.15) is 5.82 Å². The molecule has 0 saturated heterocycles. The predicted octanol–water partition coefficient (Wildman–Crippen LogP) is 3.15. The van der Waals surface area contributed by atoms with E-state index >= 15 is 0 Å². The smallest absolute Gasteiger partial charge is 0.229 e. The summed E-state index contributed by atoms with van der Waals surface area (Å²) >= 11 is 2.03. The van der Waals surface area contributed by atoms with E-state index in [1.165, 1.54) is 0 Å². The fourth-order valence-corrected chi connectivity index (χ4v) is 2.43. The van der Waals surface area contributed by atoms with Crippen LogP contribution in [-0.4, -0.2) is 9.97 Å². The zero-order valence-electron chi connectivity index (χ0n) is 8.56. The first-order valence-corrected chi connectivity index (χ1v) is 6.41. The first-order valence-electron chi connectivity index (χ1n) is 5.33. The lowest BCUT2D eigenvalue weighted by molar-refractivity contribution is 0.540. The largest absolute Gasteiger partial charge is 0.236 e. The van der Waals surface area contributed by atoms with Crippen LogP contribution in [-0.2, 0) is 5.41 Å². The van der Waals surface area contributed by atoms with Crippen molar-refractivity contribution in [2.24, 2.45) is 0 Å². The molecule has 1 aromatic heterocycles. The van der Waals surface area contributed by atoms with Crippen molar-refractivity contribution in [3.05, 3.63) is 21.0 Å². The van der Waals surface area contributed by atoms with Crippen LogP contribution >= 0.6 is 22.6 Å². The first-order chi connectivity index (χ1) is 7.10. The molecule has 15 heavy (non-hydrogen) atoms. The molecular weight excluding hydrogens is 306 g/mol. The second kappa shape index (κ2) is 3.12. The minimum atomic E-state index is -0.323. The summed E-state index contributed by atoms with van der Waals surface area (Å²) in [5.41, 5.74) is 1.01. The van der Waals surface area contributed by atoms with Gasteiger partial charge < -0.3 is 0 Å². The third-order valence-electron chi connectivity index (χ3n) is 3.34. The van der Waals surface area contributed by atoms with Crippen LogP contribution in [0, 0.1) is 9.52 Å². The lowest BCUT2D eigenvalue weighted by atomic mass is 10.1. The summed E-state index contributed by atoms with van der Waals surface area (Å²) in [6, 6.07) is 0. The maximum absolute atomic E-state index is 13.6. The molecule has 0 aliphatic heterocycles. The first kappa shape index (κ1) is 9.93. The van der Waals surface area contributed by atoms with E-state index in [1.807, 2.05) is 22.6 Å². The van der Waals surface area contributed by atoms with Crippen LogP contribution in [0.4, 0.5) is 4.39 Å². The Hall–Kier alpha value is -0.260. The number of rotatable bonds is 2. The van der Waals surface area contributed by atoms with E-state index in [-0.39, 0.29) is 11.4 Å². The Balaban J connectivity index is 2.09. The fourth-order valence-electron chi connectivity index (χ4n) is 1.74. The van der Waals surface area contributed by atoms with Crippen molar-refractivity contribution in [1.29, 1.82) is 0 Å². The molecule has 80 valence electrons. The van der Waals surface area contributed by atoms with E-state index in [4.69, 9.17) is 0 Å². The highest BCUT2D eigenvalue weighted by molar-refractivity contribution is 14.1. The van der Waals surface area contributed by atoms with E-state index in [2.05, 4.69) is 16.9 Å². The molecule has 2 nitrogen and oxygen atoms in total. The van der Waals surface area contributed by atoms with Crippen LogP contribution in [0.25, 0.3) is 0 Å². The van der Waals surface area contributed by atoms with Gasteiger partial charge in [0, 0.05) is 11.3 Å². The van der Waals surface area contributed by atoms with Crippen LogP contribution in [0.1, 0.15) is 50.0 Å². The van der Waals surface area contributed by atoms with Crippen LogP contribution in [0.15, 0.2) is 0 Å². The molecule has 0 amide bonds. The zero-order valence-corrected chi connectivity index (χ0v) is 10.7. The van der Waals surface area contributed by atoms with Gasteiger partial charge in [-0.3, -0.25) is 0 Å². The Morgan fingerprint density at radius 2 is 2.00 bits per heavy atom. The second-order valence-corrected chi connectivity index (χ2v) is 5.95. The lowest BCUT2D eigenvalue weighted by Crippen LogP contribution is -2.12. The number of halogens is 2. The molecule has 2 fully saturated rings. The molecule has 1 aromatic rings. The maximum Gasteiger partial charge on any atom is 0.229 e. The molecule has 0 unspecified atom stereocenters. The molecule has 4 heteroatoms. The summed E-state index contributed by atoms with van der Waals surface area (Å²) in [5, 5.41) is 0. The summed E-state index contributed by atoms with van der Waals surface area (Å²) in [7, 11) is 0. The van der Waals surface area contributed by atoms with E-state index in [0.29, 0.717) is 9.49 Å². The van der Waals surface area contributed by atoms with Crippen molar-refractivity contribution in [2.75, 3.05) is 0 Å². The average Bonchev–Trinajstić information content (AvgIpc) is 3.04. The third-order valence-corrected chi connectivity index (χ3v) is 4.34. The Morgan fingerprint density at radius 3 is 2.53 bits per heavy atom. The Morgan fingerprint density at radius 1 is 1.33 bits per heavy atom. The molecule has 0 atom stereocenters. The Bertz CT molecular complexity index is 425. The molecule has 0 bridgehead atoms. The third kappa shape index (κ3) is 1.66. The highest BCUT2D eigenvalue weighted by Gasteiger charge is 2.43. The van der Waals surface area contributed by atoms with Crippen LogP contribution in [0.3, 0.4) is 0 Å². The van der Waals surface area contributed by atoms with E-state index in [0.717, 1.165) is 37.2 Å². The van der Waals surface area contributed by atoms with Gasteiger partial charge in [0.2, 0.25) is 5.95 Å². The fraction of sp³-hybridized carbons (Fsp3) is 0.636. The van der Waals surface area contributed by atoms with Gasteiger partial charge in [0.25, 0.3) is 0 Å². The second-order valence-electron chi connectivity index (χ2n) is 4.87. The van der Waals surface area contributed by atoms with E-state index < -0.39 is 0 Å². The highest BCUT2D eigenvalue weighted by Crippen LogP contribution is 2.48. The van der Waals surface area contributed by atoms with Gasteiger partial charge in [-0.25, -0.2) is 9.97 Å². The van der Waals surface area contributed by atoms with Crippen LogP contribution < -0.4 is 0 Å². The lowest BCUT2D eigenvalue weighted by Gasteiger charge is -2.10. The van der Waals surface area contributed by atoms with Gasteiger partial charge in [-0.05, 0) is 48.3 Å². The number of nitrogens with zero attached hydrogens (tertiary/aromatic N) is 2. The molecule has 1 heterocycles. The zero-order chi connectivity index (χ0) is 10.6. The Labute approximate surface area is 102 Å². The van der Waals surface area contributed by atoms with Crippen LogP contribution in [0.5, 0.6) is 0 Å². The molecule has 0 spiro atoms. The predicted molar refractivity (Wildman–Crippen MR) is 63.3 cm³/mol. The standard InChI is InChI=1S/C11H12FIN2/c1-11(4-5-11)10-14-8(6-2-3-6)7(13)9(12)15-10/h6H,2-5H2,1H3. The highest BCUT2D eigenvalue weighted by atomic mass is 127.